The van der Waals surface area contributed by atoms with Gasteiger partial charge in [0.15, 0.2) is 0 Å². The van der Waals surface area contributed by atoms with E-state index in [0.717, 1.165) is 31.6 Å². The number of amides is 1. The van der Waals surface area contributed by atoms with Gasteiger partial charge in [-0.05, 0) is 25.8 Å². The summed E-state index contributed by atoms with van der Waals surface area (Å²) in [4.78, 5) is 14.0. The molecular weight excluding hydrogens is 202 g/mol. The Hall–Kier alpha value is -1.76. The normalized spacial score (nSPS) is 15.1. The van der Waals surface area contributed by atoms with E-state index in [9.17, 15) is 4.79 Å². The van der Waals surface area contributed by atoms with Crippen LogP contribution in [0.4, 0.5) is 0 Å². The van der Waals surface area contributed by atoms with Crippen molar-refractivity contribution in [3.63, 3.8) is 0 Å². The Kier molecular flexibility index (Phi) is 2.95. The van der Waals surface area contributed by atoms with Gasteiger partial charge in [-0.2, -0.15) is 5.10 Å². The molecule has 1 saturated heterocycles. The van der Waals surface area contributed by atoms with Crippen molar-refractivity contribution in [2.45, 2.75) is 26.3 Å². The maximum Gasteiger partial charge on any atom is 0.272 e. The number of aromatic nitrogens is 2. The molecule has 0 unspecified atom stereocenters. The lowest BCUT2D eigenvalue weighted by Gasteiger charge is -2.15. The van der Waals surface area contributed by atoms with Gasteiger partial charge in [-0.3, -0.25) is 4.79 Å². The minimum atomic E-state index is 0.0494. The molecule has 1 fully saturated rings. The fraction of sp³-hybridized carbons (Fsp3) is 0.500. The Morgan fingerprint density at radius 2 is 2.25 bits per heavy atom. The molecule has 0 atom stereocenters. The molecule has 1 aromatic heterocycles. The minimum absolute atomic E-state index is 0.0494. The Bertz CT molecular complexity index is 436. The lowest BCUT2D eigenvalue weighted by Crippen LogP contribution is -2.29. The van der Waals surface area contributed by atoms with Gasteiger partial charge >= 0.3 is 0 Å². The van der Waals surface area contributed by atoms with Gasteiger partial charge in [0.25, 0.3) is 5.91 Å². The number of aryl methyl sites for hydroxylation is 1. The van der Waals surface area contributed by atoms with Crippen LogP contribution in [0.25, 0.3) is 0 Å². The number of hydrogen-bond acceptors (Lipinski definition) is 2. The molecule has 0 radical (unpaired) electrons. The van der Waals surface area contributed by atoms with E-state index < -0.39 is 0 Å². The van der Waals surface area contributed by atoms with Crippen LogP contribution in [-0.4, -0.2) is 33.7 Å². The maximum absolute atomic E-state index is 12.2. The van der Waals surface area contributed by atoms with E-state index in [1.54, 1.807) is 10.7 Å². The number of carbonyl (C=O) groups is 1. The highest BCUT2D eigenvalue weighted by molar-refractivity contribution is 5.92. The predicted molar refractivity (Wildman–Crippen MR) is 60.9 cm³/mol. The van der Waals surface area contributed by atoms with Gasteiger partial charge in [-0.1, -0.05) is 5.92 Å². The first-order chi connectivity index (χ1) is 7.72. The molecule has 1 amide bonds. The van der Waals surface area contributed by atoms with Gasteiger partial charge in [-0.25, -0.2) is 4.68 Å². The molecule has 1 aromatic rings. The molecule has 4 heteroatoms. The SMILES string of the molecule is C#CCn1nc(C)cc1C(=O)N1CCCC1. The summed E-state index contributed by atoms with van der Waals surface area (Å²) in [6, 6.07) is 1.80. The molecule has 84 valence electrons. The van der Waals surface area contributed by atoms with Crippen LogP contribution >= 0.6 is 0 Å². The molecule has 1 aliphatic heterocycles. The van der Waals surface area contributed by atoms with Crippen molar-refractivity contribution in [1.29, 1.82) is 0 Å². The highest BCUT2D eigenvalue weighted by Gasteiger charge is 2.22. The second kappa shape index (κ2) is 4.40. The number of hydrogen-bond donors (Lipinski definition) is 0. The quantitative estimate of drug-likeness (QED) is 0.695. The van der Waals surface area contributed by atoms with Crippen molar-refractivity contribution >= 4 is 5.91 Å². The summed E-state index contributed by atoms with van der Waals surface area (Å²) in [7, 11) is 0. The fourth-order valence-corrected chi connectivity index (χ4v) is 2.01. The number of likely N-dealkylation sites (tertiary alicyclic amines) is 1. The molecular formula is C12H15N3O. The van der Waals surface area contributed by atoms with Crippen molar-refractivity contribution in [3.8, 4) is 12.3 Å². The zero-order valence-electron chi connectivity index (χ0n) is 9.44. The third-order valence-electron chi connectivity index (χ3n) is 2.76. The van der Waals surface area contributed by atoms with Gasteiger partial charge in [-0.15, -0.1) is 6.42 Å². The lowest BCUT2D eigenvalue weighted by atomic mass is 10.3. The van der Waals surface area contributed by atoms with Crippen molar-refractivity contribution < 1.29 is 4.79 Å². The Morgan fingerprint density at radius 1 is 1.56 bits per heavy atom. The topological polar surface area (TPSA) is 38.1 Å². The molecule has 16 heavy (non-hydrogen) atoms. The van der Waals surface area contributed by atoms with E-state index in [4.69, 9.17) is 6.42 Å². The first-order valence-corrected chi connectivity index (χ1v) is 5.49. The summed E-state index contributed by atoms with van der Waals surface area (Å²) in [5.74, 6) is 2.56. The van der Waals surface area contributed by atoms with Crippen molar-refractivity contribution in [3.05, 3.63) is 17.5 Å². The van der Waals surface area contributed by atoms with Crippen molar-refractivity contribution in [2.24, 2.45) is 0 Å². The van der Waals surface area contributed by atoms with E-state index in [1.807, 2.05) is 11.8 Å². The summed E-state index contributed by atoms with van der Waals surface area (Å²) in [5, 5.41) is 4.22. The summed E-state index contributed by atoms with van der Waals surface area (Å²) < 4.78 is 1.61. The molecule has 2 rings (SSSR count). The number of nitrogens with zero attached hydrogens (tertiary/aromatic N) is 3. The Balaban J connectivity index is 2.24. The molecule has 0 saturated carbocycles. The van der Waals surface area contributed by atoms with Crippen LogP contribution in [0.2, 0.25) is 0 Å². The van der Waals surface area contributed by atoms with Crippen LogP contribution in [0.3, 0.4) is 0 Å². The molecule has 2 heterocycles. The van der Waals surface area contributed by atoms with E-state index in [2.05, 4.69) is 11.0 Å². The second-order valence-electron chi connectivity index (χ2n) is 4.03. The number of rotatable bonds is 2. The lowest BCUT2D eigenvalue weighted by molar-refractivity contribution is 0.0781. The van der Waals surface area contributed by atoms with Gasteiger partial charge in [0, 0.05) is 13.1 Å². The third-order valence-corrected chi connectivity index (χ3v) is 2.76. The van der Waals surface area contributed by atoms with Gasteiger partial charge in [0.1, 0.15) is 12.2 Å². The van der Waals surface area contributed by atoms with Crippen molar-refractivity contribution in [1.82, 2.24) is 14.7 Å². The highest BCUT2D eigenvalue weighted by Crippen LogP contribution is 2.13. The monoisotopic (exact) mass is 217 g/mol. The maximum atomic E-state index is 12.2. The minimum Gasteiger partial charge on any atom is -0.337 e. The van der Waals surface area contributed by atoms with Crippen molar-refractivity contribution in [2.75, 3.05) is 13.1 Å². The molecule has 1 aliphatic rings. The summed E-state index contributed by atoms with van der Waals surface area (Å²) in [6.45, 7) is 3.91. The van der Waals surface area contributed by atoms with Crippen LogP contribution in [0.1, 0.15) is 29.0 Å². The molecule has 0 bridgehead atoms. The average Bonchev–Trinajstić information content (AvgIpc) is 2.87. The second-order valence-corrected chi connectivity index (χ2v) is 4.03. The van der Waals surface area contributed by atoms with Crippen LogP contribution in [0, 0.1) is 19.3 Å². The molecule has 0 aromatic carbocycles. The summed E-state index contributed by atoms with van der Waals surface area (Å²) >= 11 is 0. The molecule has 0 aliphatic carbocycles. The van der Waals surface area contributed by atoms with E-state index in [-0.39, 0.29) is 5.91 Å². The number of terminal acetylenes is 1. The first kappa shape index (κ1) is 10.7. The molecule has 4 nitrogen and oxygen atoms in total. The smallest absolute Gasteiger partial charge is 0.272 e. The van der Waals surface area contributed by atoms with E-state index in [0.29, 0.717) is 12.2 Å². The molecule has 0 spiro atoms. The highest BCUT2D eigenvalue weighted by atomic mass is 16.2. The van der Waals surface area contributed by atoms with Crippen LogP contribution in [-0.2, 0) is 6.54 Å². The van der Waals surface area contributed by atoms with E-state index in [1.165, 1.54) is 0 Å². The zero-order chi connectivity index (χ0) is 11.5. The van der Waals surface area contributed by atoms with Gasteiger partial charge in [0.2, 0.25) is 0 Å². The van der Waals surface area contributed by atoms with Gasteiger partial charge in [0.05, 0.1) is 5.69 Å². The Labute approximate surface area is 95.2 Å². The molecule has 0 N–H and O–H groups in total. The summed E-state index contributed by atoms with van der Waals surface area (Å²) in [6.07, 6.45) is 7.44. The third kappa shape index (κ3) is 1.94. The van der Waals surface area contributed by atoms with Crippen LogP contribution < -0.4 is 0 Å². The zero-order valence-corrected chi connectivity index (χ0v) is 9.44. The average molecular weight is 217 g/mol. The fourth-order valence-electron chi connectivity index (χ4n) is 2.01. The summed E-state index contributed by atoms with van der Waals surface area (Å²) in [5.41, 5.74) is 1.44. The van der Waals surface area contributed by atoms with Crippen LogP contribution in [0.5, 0.6) is 0 Å². The van der Waals surface area contributed by atoms with E-state index >= 15 is 0 Å². The van der Waals surface area contributed by atoms with Crippen LogP contribution in [0.15, 0.2) is 6.07 Å². The Morgan fingerprint density at radius 3 is 2.88 bits per heavy atom. The first-order valence-electron chi connectivity index (χ1n) is 5.49. The predicted octanol–water partition coefficient (Wildman–Crippen LogP) is 1.06. The van der Waals surface area contributed by atoms with Gasteiger partial charge < -0.3 is 4.90 Å². The number of carbonyl (C=O) groups excluding carboxylic acids is 1. The standard InChI is InChI=1S/C12H15N3O/c1-3-6-15-11(9-10(2)13-15)12(16)14-7-4-5-8-14/h1,9H,4-8H2,2H3. The largest absolute Gasteiger partial charge is 0.337 e.